The van der Waals surface area contributed by atoms with Crippen LogP contribution in [0.25, 0.3) is 11.0 Å². The van der Waals surface area contributed by atoms with Crippen LogP contribution in [0.5, 0.6) is 11.5 Å². The fourth-order valence-corrected chi connectivity index (χ4v) is 1.46. The Morgan fingerprint density at radius 1 is 1.38 bits per heavy atom. The summed E-state index contributed by atoms with van der Waals surface area (Å²) in [6.45, 7) is 0.584. The first-order valence-corrected chi connectivity index (χ1v) is 5.10. The minimum atomic E-state index is 0.120. The normalized spacial score (nSPS) is 10.6. The highest BCUT2D eigenvalue weighted by atomic mass is 16.5. The number of aromatic nitrogens is 2. The molecular weight excluding hydrogens is 208 g/mol. The van der Waals surface area contributed by atoms with Gasteiger partial charge in [-0.15, -0.1) is 0 Å². The van der Waals surface area contributed by atoms with Crippen molar-refractivity contribution in [1.82, 2.24) is 9.97 Å². The molecule has 0 saturated heterocycles. The van der Waals surface area contributed by atoms with E-state index in [9.17, 15) is 0 Å². The van der Waals surface area contributed by atoms with Crippen molar-refractivity contribution in [1.29, 1.82) is 0 Å². The van der Waals surface area contributed by atoms with Crippen molar-refractivity contribution in [2.45, 2.75) is 6.42 Å². The number of aliphatic hydroxyl groups is 1. The number of nitrogens with one attached hydrogen (secondary N) is 1. The average molecular weight is 222 g/mol. The highest BCUT2D eigenvalue weighted by Gasteiger charge is 2.07. The first kappa shape index (κ1) is 10.8. The van der Waals surface area contributed by atoms with Gasteiger partial charge in [0.25, 0.3) is 0 Å². The summed E-state index contributed by atoms with van der Waals surface area (Å²) < 4.78 is 10.7. The van der Waals surface area contributed by atoms with Crippen molar-refractivity contribution >= 4 is 11.0 Å². The van der Waals surface area contributed by atoms with E-state index in [-0.39, 0.29) is 6.61 Å². The zero-order valence-electron chi connectivity index (χ0n) is 9.06. The number of aromatic amines is 1. The second-order valence-corrected chi connectivity index (χ2v) is 3.35. The van der Waals surface area contributed by atoms with E-state index in [0.717, 1.165) is 11.0 Å². The maximum atomic E-state index is 8.68. The predicted octanol–water partition coefficient (Wildman–Crippen LogP) is 1.33. The van der Waals surface area contributed by atoms with E-state index < -0.39 is 0 Å². The Bertz CT molecular complexity index is 467. The monoisotopic (exact) mass is 222 g/mol. The van der Waals surface area contributed by atoms with Crippen molar-refractivity contribution in [2.75, 3.05) is 20.3 Å². The third-order valence-electron chi connectivity index (χ3n) is 2.27. The van der Waals surface area contributed by atoms with E-state index in [1.165, 1.54) is 0 Å². The highest BCUT2D eigenvalue weighted by Crippen LogP contribution is 2.30. The van der Waals surface area contributed by atoms with Crippen molar-refractivity contribution < 1.29 is 14.6 Å². The molecule has 0 aliphatic rings. The molecule has 2 aromatic rings. The van der Waals surface area contributed by atoms with Gasteiger partial charge in [0.2, 0.25) is 0 Å². The Morgan fingerprint density at radius 2 is 2.25 bits per heavy atom. The molecule has 0 saturated carbocycles. The van der Waals surface area contributed by atoms with Gasteiger partial charge < -0.3 is 19.6 Å². The number of imidazole rings is 1. The lowest BCUT2D eigenvalue weighted by atomic mass is 10.2. The van der Waals surface area contributed by atoms with Crippen molar-refractivity contribution in [3.05, 3.63) is 18.5 Å². The van der Waals surface area contributed by atoms with E-state index in [2.05, 4.69) is 9.97 Å². The summed E-state index contributed by atoms with van der Waals surface area (Å²) in [5.74, 6) is 1.31. The lowest BCUT2D eigenvalue weighted by molar-refractivity contribution is 0.228. The van der Waals surface area contributed by atoms with Crippen LogP contribution in [0.3, 0.4) is 0 Å². The fourth-order valence-electron chi connectivity index (χ4n) is 1.46. The Kier molecular flexibility index (Phi) is 3.26. The second kappa shape index (κ2) is 4.85. The Morgan fingerprint density at radius 3 is 3.00 bits per heavy atom. The first-order chi connectivity index (χ1) is 7.85. The smallest absolute Gasteiger partial charge is 0.163 e. The van der Waals surface area contributed by atoms with E-state index in [0.29, 0.717) is 24.5 Å². The minimum absolute atomic E-state index is 0.120. The second-order valence-electron chi connectivity index (χ2n) is 3.35. The van der Waals surface area contributed by atoms with Gasteiger partial charge in [0.05, 0.1) is 31.1 Å². The molecular formula is C11H14N2O3. The molecule has 0 fully saturated rings. The summed E-state index contributed by atoms with van der Waals surface area (Å²) in [5.41, 5.74) is 1.74. The highest BCUT2D eigenvalue weighted by molar-refractivity contribution is 5.79. The molecule has 2 N–H and O–H groups in total. The summed E-state index contributed by atoms with van der Waals surface area (Å²) in [5, 5.41) is 8.68. The lowest BCUT2D eigenvalue weighted by Crippen LogP contribution is -2.01. The summed E-state index contributed by atoms with van der Waals surface area (Å²) >= 11 is 0. The number of benzene rings is 1. The van der Waals surface area contributed by atoms with E-state index >= 15 is 0 Å². The van der Waals surface area contributed by atoms with Gasteiger partial charge in [-0.2, -0.15) is 0 Å². The van der Waals surface area contributed by atoms with Crippen LogP contribution in [0.15, 0.2) is 18.5 Å². The molecule has 16 heavy (non-hydrogen) atoms. The molecule has 86 valence electrons. The summed E-state index contributed by atoms with van der Waals surface area (Å²) in [7, 11) is 1.59. The molecule has 5 nitrogen and oxygen atoms in total. The van der Waals surface area contributed by atoms with Gasteiger partial charge in [0.1, 0.15) is 0 Å². The van der Waals surface area contributed by atoms with Crippen LogP contribution in [-0.2, 0) is 0 Å². The Labute approximate surface area is 93.0 Å². The third-order valence-corrected chi connectivity index (χ3v) is 2.27. The molecule has 0 aliphatic heterocycles. The zero-order valence-corrected chi connectivity index (χ0v) is 9.06. The van der Waals surface area contributed by atoms with Crippen molar-refractivity contribution in [3.8, 4) is 11.5 Å². The van der Waals surface area contributed by atoms with Crippen LogP contribution in [-0.4, -0.2) is 35.4 Å². The van der Waals surface area contributed by atoms with Crippen molar-refractivity contribution in [2.24, 2.45) is 0 Å². The maximum absolute atomic E-state index is 8.68. The molecule has 1 aromatic carbocycles. The molecule has 0 amide bonds. The predicted molar refractivity (Wildman–Crippen MR) is 59.8 cm³/mol. The molecule has 0 unspecified atom stereocenters. The molecule has 0 bridgehead atoms. The minimum Gasteiger partial charge on any atom is -0.493 e. The number of ether oxygens (including phenoxy) is 2. The van der Waals surface area contributed by atoms with Gasteiger partial charge in [-0.1, -0.05) is 0 Å². The lowest BCUT2D eigenvalue weighted by Gasteiger charge is -2.09. The largest absolute Gasteiger partial charge is 0.493 e. The van der Waals surface area contributed by atoms with Crippen LogP contribution in [0, 0.1) is 0 Å². The van der Waals surface area contributed by atoms with Gasteiger partial charge >= 0.3 is 0 Å². The molecule has 1 aromatic heterocycles. The van der Waals surface area contributed by atoms with Crippen LogP contribution >= 0.6 is 0 Å². The molecule has 0 aliphatic carbocycles. The number of aliphatic hydroxyl groups excluding tert-OH is 1. The quantitative estimate of drug-likeness (QED) is 0.749. The molecule has 0 atom stereocenters. The van der Waals surface area contributed by atoms with Gasteiger partial charge in [-0.25, -0.2) is 4.98 Å². The van der Waals surface area contributed by atoms with Crippen molar-refractivity contribution in [3.63, 3.8) is 0 Å². The molecule has 5 heteroatoms. The zero-order chi connectivity index (χ0) is 11.4. The summed E-state index contributed by atoms with van der Waals surface area (Å²) in [6.07, 6.45) is 2.23. The van der Waals surface area contributed by atoms with Gasteiger partial charge in [0.15, 0.2) is 11.5 Å². The first-order valence-electron chi connectivity index (χ1n) is 5.10. The number of methoxy groups -OCH3 is 1. The average Bonchev–Trinajstić information content (AvgIpc) is 2.75. The van der Waals surface area contributed by atoms with Crippen LogP contribution in [0.2, 0.25) is 0 Å². The van der Waals surface area contributed by atoms with Crippen LogP contribution in [0.4, 0.5) is 0 Å². The Balaban J connectivity index is 2.26. The van der Waals surface area contributed by atoms with Gasteiger partial charge in [0, 0.05) is 25.2 Å². The van der Waals surface area contributed by atoms with Gasteiger partial charge in [-0.05, 0) is 0 Å². The summed E-state index contributed by atoms with van der Waals surface area (Å²) in [6, 6.07) is 3.67. The topological polar surface area (TPSA) is 67.4 Å². The molecule has 0 radical (unpaired) electrons. The number of hydrogen-bond acceptors (Lipinski definition) is 4. The van der Waals surface area contributed by atoms with E-state index in [1.54, 1.807) is 13.4 Å². The molecule has 1 heterocycles. The number of nitrogens with zero attached hydrogens (tertiary/aromatic N) is 1. The molecule has 2 rings (SSSR count). The van der Waals surface area contributed by atoms with Crippen LogP contribution in [0.1, 0.15) is 6.42 Å². The van der Waals surface area contributed by atoms with E-state index in [4.69, 9.17) is 14.6 Å². The SMILES string of the molecule is COc1cc2nc[nH]c2cc1OCCCO. The number of H-pyrrole nitrogens is 1. The number of rotatable bonds is 5. The molecule has 0 spiro atoms. The number of fused-ring (bicyclic) bond motifs is 1. The summed E-state index contributed by atoms with van der Waals surface area (Å²) in [4.78, 5) is 7.14. The maximum Gasteiger partial charge on any atom is 0.163 e. The Hall–Kier alpha value is -1.75. The standard InChI is InChI=1S/C11H14N2O3/c1-15-10-5-8-9(13-7-12-8)6-11(10)16-4-2-3-14/h5-7,14H,2-4H2,1H3,(H,12,13). The number of hydrogen-bond donors (Lipinski definition) is 2. The van der Waals surface area contributed by atoms with Crippen LogP contribution < -0.4 is 9.47 Å². The van der Waals surface area contributed by atoms with Gasteiger partial charge in [-0.3, -0.25) is 0 Å². The third kappa shape index (κ3) is 2.09. The fraction of sp³-hybridized carbons (Fsp3) is 0.364. The van der Waals surface area contributed by atoms with E-state index in [1.807, 2.05) is 12.1 Å².